The fraction of sp³-hybridized carbons (Fsp3) is 0.333. The number of ether oxygens (including phenoxy) is 2. The molecule has 0 fully saturated rings. The number of aromatic amines is 1. The third-order valence-corrected chi connectivity index (χ3v) is 3.71. The average Bonchev–Trinajstić information content (AvgIpc) is 2.96. The van der Waals surface area contributed by atoms with Gasteiger partial charge in [-0.25, -0.2) is 0 Å². The van der Waals surface area contributed by atoms with Crippen molar-refractivity contribution >= 4 is 10.9 Å². The fourth-order valence-electron chi connectivity index (χ4n) is 2.65. The lowest BCUT2D eigenvalue weighted by Crippen LogP contribution is -2.18. The molecule has 22 heavy (non-hydrogen) atoms. The minimum Gasteiger partial charge on any atom is -0.468 e. The van der Waals surface area contributed by atoms with Crippen LogP contribution >= 0.6 is 0 Å². The summed E-state index contributed by atoms with van der Waals surface area (Å²) in [6.07, 6.45) is 4.95. The minimum atomic E-state index is 0.115. The largest absolute Gasteiger partial charge is 0.468 e. The summed E-state index contributed by atoms with van der Waals surface area (Å²) < 4.78 is 10.3. The normalized spacial score (nSPS) is 13.3. The number of nitrogens with one attached hydrogen (secondary N) is 2. The van der Waals surface area contributed by atoms with Crippen LogP contribution in [0.3, 0.4) is 0 Å². The summed E-state index contributed by atoms with van der Waals surface area (Å²) in [5, 5.41) is 4.62. The maximum absolute atomic E-state index is 5.39. The van der Waals surface area contributed by atoms with Gasteiger partial charge in [-0.2, -0.15) is 0 Å². The topological polar surface area (TPSA) is 46.3 Å². The van der Waals surface area contributed by atoms with Gasteiger partial charge < -0.3 is 19.8 Å². The molecule has 0 bridgehead atoms. The first-order valence-corrected chi connectivity index (χ1v) is 7.45. The Hall–Kier alpha value is -2.04. The van der Waals surface area contributed by atoms with E-state index in [1.807, 2.05) is 19.2 Å². The summed E-state index contributed by atoms with van der Waals surface area (Å²) in [6, 6.07) is 8.43. The highest BCUT2D eigenvalue weighted by atomic mass is 16.7. The summed E-state index contributed by atoms with van der Waals surface area (Å²) in [5.74, 6) is 0.610. The predicted octanol–water partition coefficient (Wildman–Crippen LogP) is 3.90. The summed E-state index contributed by atoms with van der Waals surface area (Å²) in [4.78, 5) is 3.33. The molecule has 0 aliphatic heterocycles. The van der Waals surface area contributed by atoms with Crippen LogP contribution in [0.4, 0.5) is 0 Å². The summed E-state index contributed by atoms with van der Waals surface area (Å²) in [7, 11) is 3.56. The van der Waals surface area contributed by atoms with Gasteiger partial charge in [-0.15, -0.1) is 0 Å². The van der Waals surface area contributed by atoms with Crippen molar-refractivity contribution in [2.45, 2.75) is 19.4 Å². The highest BCUT2D eigenvalue weighted by Gasteiger charge is 2.17. The number of H-pyrrole nitrogens is 1. The molecule has 4 nitrogen and oxygen atoms in total. The Morgan fingerprint density at radius 2 is 2.18 bits per heavy atom. The number of fused-ring (bicyclic) bond motifs is 1. The van der Waals surface area contributed by atoms with Gasteiger partial charge in [0.2, 0.25) is 0 Å². The summed E-state index contributed by atoms with van der Waals surface area (Å²) in [5.41, 5.74) is 3.58. The Morgan fingerprint density at radius 3 is 2.86 bits per heavy atom. The lowest BCUT2D eigenvalue weighted by Gasteiger charge is -2.19. The number of aromatic nitrogens is 1. The molecule has 0 spiro atoms. The van der Waals surface area contributed by atoms with Gasteiger partial charge in [-0.3, -0.25) is 0 Å². The smallest absolute Gasteiger partial charge is 0.188 e. The van der Waals surface area contributed by atoms with Crippen molar-refractivity contribution in [2.75, 3.05) is 21.0 Å². The van der Waals surface area contributed by atoms with Crippen LogP contribution in [0.25, 0.3) is 10.9 Å². The zero-order valence-corrected chi connectivity index (χ0v) is 13.5. The van der Waals surface area contributed by atoms with Crippen LogP contribution in [-0.2, 0) is 9.47 Å². The molecule has 1 unspecified atom stereocenters. The van der Waals surface area contributed by atoms with Crippen LogP contribution in [0, 0.1) is 0 Å². The van der Waals surface area contributed by atoms with E-state index in [0.29, 0.717) is 5.76 Å². The van der Waals surface area contributed by atoms with E-state index in [1.165, 1.54) is 16.5 Å². The molecule has 1 atom stereocenters. The van der Waals surface area contributed by atoms with Crippen LogP contribution in [0.1, 0.15) is 24.9 Å². The van der Waals surface area contributed by atoms with Gasteiger partial charge in [0, 0.05) is 24.2 Å². The predicted molar refractivity (Wildman–Crippen MR) is 90.6 cm³/mol. The lowest BCUT2D eigenvalue weighted by molar-refractivity contribution is 0.0104. The van der Waals surface area contributed by atoms with Crippen molar-refractivity contribution in [3.05, 3.63) is 60.0 Å². The van der Waals surface area contributed by atoms with Gasteiger partial charge in [-0.1, -0.05) is 31.7 Å². The minimum absolute atomic E-state index is 0.115. The van der Waals surface area contributed by atoms with Crippen molar-refractivity contribution < 1.29 is 9.47 Å². The SMILES string of the molecule is C=C(/C=C(\CC)C(NC)c1c[nH]c2ccccc12)OCOC. The molecule has 0 saturated heterocycles. The molecule has 118 valence electrons. The van der Waals surface area contributed by atoms with E-state index in [1.54, 1.807) is 7.11 Å². The van der Waals surface area contributed by atoms with Crippen LogP contribution in [0.15, 0.2) is 54.4 Å². The van der Waals surface area contributed by atoms with E-state index >= 15 is 0 Å². The zero-order valence-electron chi connectivity index (χ0n) is 13.5. The van der Waals surface area contributed by atoms with Crippen LogP contribution in [0.5, 0.6) is 0 Å². The van der Waals surface area contributed by atoms with E-state index in [4.69, 9.17) is 9.47 Å². The number of hydrogen-bond donors (Lipinski definition) is 2. The Bertz CT molecular complexity index is 658. The van der Waals surface area contributed by atoms with Crippen molar-refractivity contribution in [3.8, 4) is 0 Å². The number of benzene rings is 1. The van der Waals surface area contributed by atoms with Crippen molar-refractivity contribution in [2.24, 2.45) is 0 Å². The number of para-hydroxylation sites is 1. The van der Waals surface area contributed by atoms with Crippen LogP contribution in [-0.4, -0.2) is 25.9 Å². The van der Waals surface area contributed by atoms with E-state index in [-0.39, 0.29) is 12.8 Å². The second-order valence-corrected chi connectivity index (χ2v) is 5.10. The molecule has 2 N–H and O–H groups in total. The molecule has 0 amide bonds. The maximum Gasteiger partial charge on any atom is 0.188 e. The maximum atomic E-state index is 5.39. The van der Waals surface area contributed by atoms with Gasteiger partial charge in [0.1, 0.15) is 5.76 Å². The Morgan fingerprint density at radius 1 is 1.41 bits per heavy atom. The van der Waals surface area contributed by atoms with Gasteiger partial charge in [0.15, 0.2) is 6.79 Å². The first kappa shape index (κ1) is 16.3. The highest BCUT2D eigenvalue weighted by molar-refractivity contribution is 5.84. The second kappa shape index (κ2) is 7.82. The third kappa shape index (κ3) is 3.59. The highest BCUT2D eigenvalue weighted by Crippen LogP contribution is 2.30. The molecular weight excluding hydrogens is 276 g/mol. The average molecular weight is 300 g/mol. The van der Waals surface area contributed by atoms with Crippen LogP contribution < -0.4 is 5.32 Å². The standard InChI is InChI=1S/C18H24N2O2/c1-5-14(10-13(2)22-12-21-4)18(19-3)16-11-20-17-9-7-6-8-15(16)17/h6-11,18-20H,2,5,12H2,1,3-4H3/b14-10+. The number of likely N-dealkylation sites (N-methyl/N-ethyl adjacent to an activating group) is 1. The molecule has 0 aliphatic carbocycles. The van der Waals surface area contributed by atoms with Gasteiger partial charge in [-0.05, 0) is 36.7 Å². The van der Waals surface area contributed by atoms with Crippen molar-refractivity contribution in [1.29, 1.82) is 0 Å². The third-order valence-electron chi connectivity index (χ3n) is 3.71. The van der Waals surface area contributed by atoms with Gasteiger partial charge >= 0.3 is 0 Å². The molecule has 1 aromatic carbocycles. The number of methoxy groups -OCH3 is 1. The quantitative estimate of drug-likeness (QED) is 0.441. The number of rotatable bonds is 8. The first-order chi connectivity index (χ1) is 10.7. The molecular formula is C18H24N2O2. The van der Waals surface area contributed by atoms with Gasteiger partial charge in [0.05, 0.1) is 6.04 Å². The van der Waals surface area contributed by atoms with Crippen molar-refractivity contribution in [3.63, 3.8) is 0 Å². The molecule has 4 heteroatoms. The van der Waals surface area contributed by atoms with Crippen LogP contribution in [0.2, 0.25) is 0 Å². The molecule has 2 aromatic rings. The monoisotopic (exact) mass is 300 g/mol. The molecule has 2 rings (SSSR count). The number of hydrogen-bond acceptors (Lipinski definition) is 3. The van der Waals surface area contributed by atoms with E-state index < -0.39 is 0 Å². The molecule has 1 heterocycles. The number of allylic oxidation sites excluding steroid dienone is 1. The lowest BCUT2D eigenvalue weighted by atomic mass is 9.96. The Labute approximate surface area is 131 Å². The second-order valence-electron chi connectivity index (χ2n) is 5.10. The van der Waals surface area contributed by atoms with E-state index in [2.05, 4.69) is 48.2 Å². The fourth-order valence-corrected chi connectivity index (χ4v) is 2.65. The molecule has 0 aliphatic rings. The summed E-state index contributed by atoms with van der Waals surface area (Å²) >= 11 is 0. The molecule has 0 saturated carbocycles. The first-order valence-electron chi connectivity index (χ1n) is 7.45. The molecule has 0 radical (unpaired) electrons. The Kier molecular flexibility index (Phi) is 5.81. The summed E-state index contributed by atoms with van der Waals surface area (Å²) in [6.45, 7) is 6.27. The molecule has 1 aromatic heterocycles. The van der Waals surface area contributed by atoms with E-state index in [9.17, 15) is 0 Å². The van der Waals surface area contributed by atoms with E-state index in [0.717, 1.165) is 11.9 Å². The van der Waals surface area contributed by atoms with Gasteiger partial charge in [0.25, 0.3) is 0 Å². The van der Waals surface area contributed by atoms with Crippen molar-refractivity contribution in [1.82, 2.24) is 10.3 Å². The zero-order chi connectivity index (χ0) is 15.9. The Balaban J connectivity index is 2.32.